The molecule has 0 spiro atoms. The Morgan fingerprint density at radius 2 is 1.47 bits per heavy atom. The van der Waals surface area contributed by atoms with E-state index in [1.807, 2.05) is 7.05 Å². The summed E-state index contributed by atoms with van der Waals surface area (Å²) in [5.74, 6) is 0.372. The largest absolute Gasteiger partial charge is 0.384 e. The Bertz CT molecular complexity index is 1340. The lowest BCUT2D eigenvalue weighted by molar-refractivity contribution is 0.652. The van der Waals surface area contributed by atoms with Gasteiger partial charge >= 0.3 is 0 Å². The van der Waals surface area contributed by atoms with E-state index in [4.69, 9.17) is 4.98 Å². The summed E-state index contributed by atoms with van der Waals surface area (Å²) in [5.41, 5.74) is 5.58. The number of likely N-dealkylation sites (N-methyl/N-ethyl adjacent to an activating group) is 1. The number of nitrogens with one attached hydrogen (secondary N) is 2. The molecule has 3 heteroatoms. The van der Waals surface area contributed by atoms with E-state index in [9.17, 15) is 0 Å². The van der Waals surface area contributed by atoms with E-state index < -0.39 is 0 Å². The van der Waals surface area contributed by atoms with Crippen LogP contribution in [0.1, 0.15) is 11.5 Å². The molecule has 1 heterocycles. The van der Waals surface area contributed by atoms with Crippen LogP contribution in [0.2, 0.25) is 0 Å². The van der Waals surface area contributed by atoms with Crippen molar-refractivity contribution in [1.82, 2.24) is 10.3 Å². The van der Waals surface area contributed by atoms with E-state index in [1.54, 1.807) is 0 Å². The lowest BCUT2D eigenvalue weighted by Crippen LogP contribution is -2.23. The summed E-state index contributed by atoms with van der Waals surface area (Å²) in [4.78, 5) is 4.98. The molecule has 0 aliphatic rings. The van der Waals surface area contributed by atoms with E-state index in [1.165, 1.54) is 16.3 Å². The Balaban J connectivity index is 1.52. The first-order chi connectivity index (χ1) is 15.8. The van der Waals surface area contributed by atoms with Gasteiger partial charge in [-0.25, -0.2) is 4.98 Å². The van der Waals surface area contributed by atoms with Gasteiger partial charge in [-0.3, -0.25) is 0 Å². The maximum absolute atomic E-state index is 4.98. The minimum absolute atomic E-state index is 0.372. The van der Waals surface area contributed by atoms with Crippen LogP contribution in [0.3, 0.4) is 0 Å². The third-order valence-corrected chi connectivity index (χ3v) is 6.02. The molecule has 0 bridgehead atoms. The summed E-state index contributed by atoms with van der Waals surface area (Å²) in [6.07, 6.45) is 0. The first-order valence-corrected chi connectivity index (χ1v) is 11.1. The zero-order valence-corrected chi connectivity index (χ0v) is 18.3. The molecule has 1 atom stereocenters. The van der Waals surface area contributed by atoms with Crippen molar-refractivity contribution in [2.45, 2.75) is 5.92 Å². The van der Waals surface area contributed by atoms with Gasteiger partial charge in [0.1, 0.15) is 0 Å². The minimum Gasteiger partial charge on any atom is -0.384 e. The van der Waals surface area contributed by atoms with Gasteiger partial charge < -0.3 is 10.6 Å². The Labute approximate surface area is 189 Å². The first-order valence-electron chi connectivity index (χ1n) is 11.1. The Morgan fingerprint density at radius 3 is 2.31 bits per heavy atom. The highest BCUT2D eigenvalue weighted by Crippen LogP contribution is 2.30. The number of rotatable bonds is 7. The average molecular weight is 418 g/mol. The number of para-hydroxylation sites is 1. The molecule has 0 aliphatic heterocycles. The molecule has 2 N–H and O–H groups in total. The number of anilines is 1. The Morgan fingerprint density at radius 1 is 0.719 bits per heavy atom. The van der Waals surface area contributed by atoms with Crippen molar-refractivity contribution in [2.24, 2.45) is 0 Å². The molecular formula is C29H27N3. The molecule has 1 aromatic heterocycles. The highest BCUT2D eigenvalue weighted by atomic mass is 14.9. The van der Waals surface area contributed by atoms with Crippen molar-refractivity contribution < 1.29 is 0 Å². The summed E-state index contributed by atoms with van der Waals surface area (Å²) in [7, 11) is 2.01. The van der Waals surface area contributed by atoms with Gasteiger partial charge in [-0.05, 0) is 41.6 Å². The molecule has 3 nitrogen and oxygen atoms in total. The highest BCUT2D eigenvalue weighted by molar-refractivity contribution is 5.95. The molecule has 5 aromatic rings. The smallest absolute Gasteiger partial charge is 0.0730 e. The molecule has 0 saturated heterocycles. The van der Waals surface area contributed by atoms with Gasteiger partial charge in [-0.15, -0.1) is 0 Å². The molecule has 5 rings (SSSR count). The molecule has 0 radical (unpaired) electrons. The van der Waals surface area contributed by atoms with Crippen LogP contribution >= 0.6 is 0 Å². The van der Waals surface area contributed by atoms with Gasteiger partial charge in [-0.2, -0.15) is 0 Å². The molecule has 0 aliphatic carbocycles. The number of aromatic nitrogens is 1. The standard InChI is InChI=1S/C29H27N3/c1-30-19-25(21-9-3-2-4-10-21)20-31-29-18-28(32-27-14-8-7-13-26(27)29)24-16-15-22-11-5-6-12-23(22)17-24/h2-18,25,30H,19-20H2,1H3,(H,31,32). The van der Waals surface area contributed by atoms with Crippen LogP contribution in [0.5, 0.6) is 0 Å². The summed E-state index contributed by atoms with van der Waals surface area (Å²) in [6, 6.07) is 36.3. The molecule has 0 amide bonds. The molecule has 32 heavy (non-hydrogen) atoms. The second-order valence-electron chi connectivity index (χ2n) is 8.18. The van der Waals surface area contributed by atoms with E-state index >= 15 is 0 Å². The maximum atomic E-state index is 4.98. The fraction of sp³-hybridized carbons (Fsp3) is 0.138. The first kappa shape index (κ1) is 20.2. The second-order valence-corrected chi connectivity index (χ2v) is 8.18. The van der Waals surface area contributed by atoms with Gasteiger partial charge in [0, 0.05) is 35.6 Å². The SMILES string of the molecule is CNCC(CNc1cc(-c2ccc3ccccc3c2)nc2ccccc12)c1ccccc1. The highest BCUT2D eigenvalue weighted by Gasteiger charge is 2.13. The van der Waals surface area contributed by atoms with Gasteiger partial charge in [0.15, 0.2) is 0 Å². The maximum Gasteiger partial charge on any atom is 0.0730 e. The van der Waals surface area contributed by atoms with E-state index in [-0.39, 0.29) is 0 Å². The third kappa shape index (κ3) is 4.20. The fourth-order valence-corrected chi connectivity index (χ4v) is 4.33. The number of fused-ring (bicyclic) bond motifs is 2. The van der Waals surface area contributed by atoms with E-state index in [0.717, 1.165) is 40.9 Å². The third-order valence-electron chi connectivity index (χ3n) is 6.02. The fourth-order valence-electron chi connectivity index (χ4n) is 4.33. The van der Waals surface area contributed by atoms with Crippen molar-refractivity contribution in [3.63, 3.8) is 0 Å². The monoisotopic (exact) mass is 417 g/mol. The van der Waals surface area contributed by atoms with Crippen LogP contribution in [0.15, 0.2) is 103 Å². The van der Waals surface area contributed by atoms with Crippen molar-refractivity contribution in [1.29, 1.82) is 0 Å². The summed E-state index contributed by atoms with van der Waals surface area (Å²) >= 11 is 0. The predicted octanol–water partition coefficient (Wildman–Crippen LogP) is 6.47. The predicted molar refractivity (Wildman–Crippen MR) is 136 cm³/mol. The van der Waals surface area contributed by atoms with E-state index in [0.29, 0.717) is 5.92 Å². The van der Waals surface area contributed by atoms with Crippen molar-refractivity contribution >= 4 is 27.4 Å². The lowest BCUT2D eigenvalue weighted by Gasteiger charge is -2.20. The van der Waals surface area contributed by atoms with Gasteiger partial charge in [0.2, 0.25) is 0 Å². The number of nitrogens with zero attached hydrogens (tertiary/aromatic N) is 1. The van der Waals surface area contributed by atoms with Gasteiger partial charge in [0.05, 0.1) is 11.2 Å². The van der Waals surface area contributed by atoms with Crippen LogP contribution in [0, 0.1) is 0 Å². The lowest BCUT2D eigenvalue weighted by atomic mass is 9.98. The molecule has 0 fully saturated rings. The number of benzene rings is 4. The van der Waals surface area contributed by atoms with Crippen molar-refractivity contribution in [3.05, 3.63) is 109 Å². The normalized spacial score (nSPS) is 12.2. The quantitative estimate of drug-likeness (QED) is 0.319. The van der Waals surface area contributed by atoms with Crippen LogP contribution in [-0.2, 0) is 0 Å². The minimum atomic E-state index is 0.372. The second kappa shape index (κ2) is 9.21. The molecular weight excluding hydrogens is 390 g/mol. The topological polar surface area (TPSA) is 37.0 Å². The summed E-state index contributed by atoms with van der Waals surface area (Å²) < 4.78 is 0. The van der Waals surface area contributed by atoms with Crippen LogP contribution in [-0.4, -0.2) is 25.1 Å². The number of pyridine rings is 1. The molecule has 0 saturated carbocycles. The number of hydrogen-bond acceptors (Lipinski definition) is 3. The zero-order valence-electron chi connectivity index (χ0n) is 18.3. The van der Waals surface area contributed by atoms with Crippen LogP contribution in [0.25, 0.3) is 32.9 Å². The van der Waals surface area contributed by atoms with Crippen molar-refractivity contribution in [3.8, 4) is 11.3 Å². The summed E-state index contributed by atoms with van der Waals surface area (Å²) in [6.45, 7) is 1.76. The Kier molecular flexibility index (Phi) is 5.82. The average Bonchev–Trinajstić information content (AvgIpc) is 2.86. The number of hydrogen-bond donors (Lipinski definition) is 2. The van der Waals surface area contributed by atoms with Crippen molar-refractivity contribution in [2.75, 3.05) is 25.5 Å². The van der Waals surface area contributed by atoms with Crippen LogP contribution < -0.4 is 10.6 Å². The van der Waals surface area contributed by atoms with Gasteiger partial charge in [-0.1, -0.05) is 84.9 Å². The molecule has 158 valence electrons. The molecule has 4 aromatic carbocycles. The molecule has 1 unspecified atom stereocenters. The van der Waals surface area contributed by atoms with E-state index in [2.05, 4.69) is 114 Å². The summed E-state index contributed by atoms with van der Waals surface area (Å²) in [5, 5.41) is 10.7. The van der Waals surface area contributed by atoms with Crippen LogP contribution in [0.4, 0.5) is 5.69 Å². The Hall–Kier alpha value is -3.69. The van der Waals surface area contributed by atoms with Gasteiger partial charge in [0.25, 0.3) is 0 Å². The zero-order chi connectivity index (χ0) is 21.8.